The highest BCUT2D eigenvalue weighted by Crippen LogP contribution is 2.20. The Kier molecular flexibility index (Phi) is 5.12. The van der Waals surface area contributed by atoms with E-state index in [0.29, 0.717) is 6.54 Å². The maximum Gasteiger partial charge on any atom is 0.407 e. The molecule has 0 saturated heterocycles. The summed E-state index contributed by atoms with van der Waals surface area (Å²) in [7, 11) is 0. The summed E-state index contributed by atoms with van der Waals surface area (Å²) in [5, 5.41) is 6.03. The van der Waals surface area contributed by atoms with Crippen molar-refractivity contribution in [3.63, 3.8) is 0 Å². The van der Waals surface area contributed by atoms with Gasteiger partial charge in [-0.25, -0.2) is 19.7 Å². The maximum absolute atomic E-state index is 11.7. The quantitative estimate of drug-likeness (QED) is 0.879. The normalized spacial score (nSPS) is 12.9. The van der Waals surface area contributed by atoms with Crippen LogP contribution in [-0.4, -0.2) is 39.2 Å². The number of hydrogen-bond donors (Lipinski definition) is 2. The molecule has 1 amide bonds. The van der Waals surface area contributed by atoms with Crippen LogP contribution in [-0.2, 0) is 4.74 Å². The molecule has 2 heterocycles. The second kappa shape index (κ2) is 6.87. The van der Waals surface area contributed by atoms with E-state index in [0.717, 1.165) is 22.6 Å². The highest BCUT2D eigenvalue weighted by Gasteiger charge is 2.17. The highest BCUT2D eigenvalue weighted by molar-refractivity contribution is 7.16. The van der Waals surface area contributed by atoms with Crippen LogP contribution < -0.4 is 10.6 Å². The van der Waals surface area contributed by atoms with Crippen molar-refractivity contribution in [3.8, 4) is 0 Å². The molecule has 2 N–H and O–H groups in total. The topological polar surface area (TPSA) is 89.0 Å². The fourth-order valence-electron chi connectivity index (χ4n) is 1.81. The SMILES string of the molecule is CC(CCNc1ncnc2scnc12)NC(=O)OC(C)(C)C. The van der Waals surface area contributed by atoms with Crippen LogP contribution in [0, 0.1) is 0 Å². The summed E-state index contributed by atoms with van der Waals surface area (Å²) in [6.45, 7) is 8.12. The molecule has 22 heavy (non-hydrogen) atoms. The second-order valence-electron chi connectivity index (χ2n) is 5.99. The van der Waals surface area contributed by atoms with Crippen molar-refractivity contribution in [2.75, 3.05) is 11.9 Å². The van der Waals surface area contributed by atoms with Crippen molar-refractivity contribution in [2.45, 2.75) is 45.8 Å². The van der Waals surface area contributed by atoms with Crippen LogP contribution in [0.15, 0.2) is 11.8 Å². The van der Waals surface area contributed by atoms with Crippen molar-refractivity contribution in [2.24, 2.45) is 0 Å². The van der Waals surface area contributed by atoms with Gasteiger partial charge in [0.15, 0.2) is 5.82 Å². The van der Waals surface area contributed by atoms with Gasteiger partial charge in [-0.05, 0) is 34.1 Å². The van der Waals surface area contributed by atoms with E-state index in [9.17, 15) is 4.79 Å². The molecule has 0 fully saturated rings. The molecule has 0 saturated carbocycles. The molecule has 2 rings (SSSR count). The van der Waals surface area contributed by atoms with Crippen LogP contribution in [0.2, 0.25) is 0 Å². The zero-order valence-corrected chi connectivity index (χ0v) is 14.0. The number of nitrogens with zero attached hydrogens (tertiary/aromatic N) is 3. The van der Waals surface area contributed by atoms with E-state index in [1.807, 2.05) is 27.7 Å². The first-order valence-corrected chi connectivity index (χ1v) is 8.01. The first-order valence-electron chi connectivity index (χ1n) is 7.13. The van der Waals surface area contributed by atoms with E-state index in [2.05, 4.69) is 25.6 Å². The first kappa shape index (κ1) is 16.4. The summed E-state index contributed by atoms with van der Waals surface area (Å²) in [5.41, 5.74) is 2.04. The third-order valence-electron chi connectivity index (χ3n) is 2.77. The third kappa shape index (κ3) is 4.80. The lowest BCUT2D eigenvalue weighted by molar-refractivity contribution is 0.0507. The van der Waals surface area contributed by atoms with E-state index in [4.69, 9.17) is 4.74 Å². The first-order chi connectivity index (χ1) is 10.3. The van der Waals surface area contributed by atoms with Gasteiger partial charge in [-0.3, -0.25) is 0 Å². The lowest BCUT2D eigenvalue weighted by Crippen LogP contribution is -2.38. The zero-order valence-electron chi connectivity index (χ0n) is 13.2. The van der Waals surface area contributed by atoms with Gasteiger partial charge < -0.3 is 15.4 Å². The van der Waals surface area contributed by atoms with Crippen LogP contribution in [0.3, 0.4) is 0 Å². The Morgan fingerprint density at radius 1 is 1.36 bits per heavy atom. The molecule has 2 aromatic rings. The van der Waals surface area contributed by atoms with Gasteiger partial charge in [0.1, 0.15) is 22.3 Å². The molecule has 0 spiro atoms. The number of fused-ring (bicyclic) bond motifs is 1. The second-order valence-corrected chi connectivity index (χ2v) is 6.82. The number of carbonyl (C=O) groups is 1. The van der Waals surface area contributed by atoms with Crippen LogP contribution in [0.25, 0.3) is 10.3 Å². The minimum Gasteiger partial charge on any atom is -0.444 e. The highest BCUT2D eigenvalue weighted by atomic mass is 32.1. The fourth-order valence-corrected chi connectivity index (χ4v) is 2.44. The number of nitrogens with one attached hydrogen (secondary N) is 2. The molecule has 2 aromatic heterocycles. The number of aromatic nitrogens is 3. The summed E-state index contributed by atoms with van der Waals surface area (Å²) in [6.07, 6.45) is 1.86. The molecule has 0 bridgehead atoms. The minimum absolute atomic E-state index is 0.00453. The Labute approximate surface area is 133 Å². The molecule has 0 radical (unpaired) electrons. The Morgan fingerprint density at radius 3 is 2.86 bits per heavy atom. The standard InChI is InChI=1S/C14H21N5O2S/c1-9(19-13(20)21-14(2,3)4)5-6-15-11-10-12(17-7-16-11)22-8-18-10/h7-9H,5-6H2,1-4H3,(H,19,20)(H,15,16,17). The Hall–Kier alpha value is -1.96. The lowest BCUT2D eigenvalue weighted by Gasteiger charge is -2.22. The van der Waals surface area contributed by atoms with Gasteiger partial charge in [0, 0.05) is 12.6 Å². The van der Waals surface area contributed by atoms with Gasteiger partial charge in [0.25, 0.3) is 0 Å². The Morgan fingerprint density at radius 2 is 2.14 bits per heavy atom. The van der Waals surface area contributed by atoms with Gasteiger partial charge >= 0.3 is 6.09 Å². The summed E-state index contributed by atoms with van der Waals surface area (Å²) < 4.78 is 5.22. The molecule has 1 unspecified atom stereocenters. The molecule has 7 nitrogen and oxygen atoms in total. The van der Waals surface area contributed by atoms with E-state index in [-0.39, 0.29) is 6.04 Å². The third-order valence-corrected chi connectivity index (χ3v) is 3.50. The van der Waals surface area contributed by atoms with E-state index in [1.165, 1.54) is 17.7 Å². The van der Waals surface area contributed by atoms with Crippen molar-refractivity contribution in [1.29, 1.82) is 0 Å². The molecule has 8 heteroatoms. The fraction of sp³-hybridized carbons (Fsp3) is 0.571. The van der Waals surface area contributed by atoms with Gasteiger partial charge in [-0.2, -0.15) is 0 Å². The van der Waals surface area contributed by atoms with Crippen LogP contribution in [0.4, 0.5) is 10.6 Å². The van der Waals surface area contributed by atoms with Crippen molar-refractivity contribution in [1.82, 2.24) is 20.3 Å². The van der Waals surface area contributed by atoms with E-state index >= 15 is 0 Å². The average molecular weight is 323 g/mol. The number of hydrogen-bond acceptors (Lipinski definition) is 7. The Balaban J connectivity index is 1.79. The number of rotatable bonds is 5. The molecular weight excluding hydrogens is 302 g/mol. The van der Waals surface area contributed by atoms with E-state index < -0.39 is 11.7 Å². The largest absolute Gasteiger partial charge is 0.444 e. The van der Waals surface area contributed by atoms with Gasteiger partial charge in [-0.1, -0.05) is 0 Å². The number of alkyl carbamates (subject to hydrolysis) is 1. The summed E-state index contributed by atoms with van der Waals surface area (Å²) >= 11 is 1.48. The van der Waals surface area contributed by atoms with Crippen molar-refractivity contribution < 1.29 is 9.53 Å². The molecule has 0 aliphatic heterocycles. The number of ether oxygens (including phenoxy) is 1. The molecule has 1 atom stereocenters. The maximum atomic E-state index is 11.7. The van der Waals surface area contributed by atoms with Gasteiger partial charge in [0.05, 0.1) is 5.51 Å². The van der Waals surface area contributed by atoms with Crippen LogP contribution in [0.5, 0.6) is 0 Å². The lowest BCUT2D eigenvalue weighted by atomic mass is 10.2. The van der Waals surface area contributed by atoms with Crippen LogP contribution in [0.1, 0.15) is 34.1 Å². The van der Waals surface area contributed by atoms with Gasteiger partial charge in [-0.15, -0.1) is 11.3 Å². The molecule has 0 aliphatic carbocycles. The smallest absolute Gasteiger partial charge is 0.407 e. The summed E-state index contributed by atoms with van der Waals surface area (Å²) in [6, 6.07) is -0.00453. The summed E-state index contributed by atoms with van der Waals surface area (Å²) in [4.78, 5) is 25.1. The molecule has 0 aromatic carbocycles. The molecule has 0 aliphatic rings. The molecular formula is C14H21N5O2S. The summed E-state index contributed by atoms with van der Waals surface area (Å²) in [5.74, 6) is 0.718. The Bertz CT molecular complexity index is 637. The number of thiazole rings is 1. The zero-order chi connectivity index (χ0) is 16.2. The number of carbonyl (C=O) groups excluding carboxylic acids is 1. The minimum atomic E-state index is -0.487. The van der Waals surface area contributed by atoms with Crippen molar-refractivity contribution in [3.05, 3.63) is 11.8 Å². The molecule has 120 valence electrons. The average Bonchev–Trinajstić information content (AvgIpc) is 2.85. The predicted octanol–water partition coefficient (Wildman–Crippen LogP) is 2.80. The number of anilines is 1. The van der Waals surface area contributed by atoms with Crippen molar-refractivity contribution >= 4 is 33.6 Å². The monoisotopic (exact) mass is 323 g/mol. The van der Waals surface area contributed by atoms with E-state index in [1.54, 1.807) is 5.51 Å². The van der Waals surface area contributed by atoms with Crippen LogP contribution >= 0.6 is 11.3 Å². The predicted molar refractivity (Wildman–Crippen MR) is 87.1 cm³/mol. The number of amides is 1. The van der Waals surface area contributed by atoms with Gasteiger partial charge in [0.2, 0.25) is 0 Å².